The van der Waals surface area contributed by atoms with Crippen molar-refractivity contribution in [3.8, 4) is 0 Å². The smallest absolute Gasteiger partial charge is 0.339 e. The van der Waals surface area contributed by atoms with Gasteiger partial charge in [0.15, 0.2) is 0 Å². The van der Waals surface area contributed by atoms with Crippen molar-refractivity contribution in [3.05, 3.63) is 67.8 Å². The van der Waals surface area contributed by atoms with Crippen LogP contribution in [0.3, 0.4) is 0 Å². The van der Waals surface area contributed by atoms with Crippen LogP contribution in [0.5, 0.6) is 0 Å². The first-order valence-corrected chi connectivity index (χ1v) is 8.76. The maximum absolute atomic E-state index is 11.9. The number of hydrogen-bond acceptors (Lipinski definition) is 2. The zero-order valence-corrected chi connectivity index (χ0v) is 16.3. The second-order valence-corrected chi connectivity index (χ2v) is 7.12. The molecule has 0 spiro atoms. The van der Waals surface area contributed by atoms with E-state index in [1.165, 1.54) is 7.11 Å². The number of fused-ring (bicyclic) bond motifs is 1. The Morgan fingerprint density at radius 2 is 1.84 bits per heavy atom. The van der Waals surface area contributed by atoms with Gasteiger partial charge in [0, 0.05) is 35.1 Å². The Bertz CT molecular complexity index is 992. The van der Waals surface area contributed by atoms with E-state index in [1.54, 1.807) is 12.1 Å². The number of carbonyl (C=O) groups excluding carboxylic acids is 1. The van der Waals surface area contributed by atoms with Gasteiger partial charge in [-0.2, -0.15) is 0 Å². The van der Waals surface area contributed by atoms with Gasteiger partial charge in [0.1, 0.15) is 0 Å². The van der Waals surface area contributed by atoms with Crippen molar-refractivity contribution in [2.45, 2.75) is 13.3 Å². The van der Waals surface area contributed by atoms with Gasteiger partial charge in [-0.3, -0.25) is 0 Å². The molecule has 0 aliphatic rings. The summed E-state index contributed by atoms with van der Waals surface area (Å²) < 4.78 is 6.83. The molecule has 0 aliphatic carbocycles. The average molecular weight is 397 g/mol. The molecular weight excluding hydrogens is 381 g/mol. The third-order valence-corrected chi connectivity index (χ3v) is 5.40. The van der Waals surface area contributed by atoms with Crippen molar-refractivity contribution in [2.75, 3.05) is 7.11 Å². The summed E-state index contributed by atoms with van der Waals surface area (Å²) in [7, 11) is 3.29. The fourth-order valence-corrected chi connectivity index (χ4v) is 3.86. The molecule has 0 saturated carbocycles. The van der Waals surface area contributed by atoms with E-state index in [2.05, 4.69) is 10.6 Å². The minimum atomic E-state index is -0.487. The number of aryl methyl sites for hydroxylation is 2. The largest absolute Gasteiger partial charge is 0.465 e. The van der Waals surface area contributed by atoms with Gasteiger partial charge in [-0.25, -0.2) is 4.79 Å². The van der Waals surface area contributed by atoms with E-state index in [1.807, 2.05) is 26.1 Å². The molecule has 25 heavy (non-hydrogen) atoms. The molecule has 0 unspecified atom stereocenters. The first kappa shape index (κ1) is 18.1. The molecule has 0 N–H and O–H groups in total. The number of ether oxygens (including phenoxy) is 1. The Labute approximate surface area is 161 Å². The van der Waals surface area contributed by atoms with E-state index < -0.39 is 5.97 Å². The Hall–Kier alpha value is -1.68. The van der Waals surface area contributed by atoms with Gasteiger partial charge in [-0.1, -0.05) is 34.8 Å². The molecule has 0 fully saturated rings. The predicted molar refractivity (Wildman–Crippen MR) is 103 cm³/mol. The number of nitrogens with zero attached hydrogens (tertiary/aromatic N) is 1. The minimum absolute atomic E-state index is 0.302. The molecule has 0 amide bonds. The third kappa shape index (κ3) is 3.24. The maximum Gasteiger partial charge on any atom is 0.339 e. The molecule has 0 saturated heterocycles. The number of esters is 1. The van der Waals surface area contributed by atoms with Crippen LogP contribution < -0.4 is 0 Å². The zero-order valence-electron chi connectivity index (χ0n) is 14.0. The minimum Gasteiger partial charge on any atom is -0.465 e. The standard InChI is InChI=1S/C19H16Cl3NO2/c1-10-6-16(21)13-8-11(23(2)17(13)7-10)9-14-15(20)5-4-12(18(14)22)19(24)25-3/h4-8H,9H2,1-3H3. The highest BCUT2D eigenvalue weighted by molar-refractivity contribution is 6.38. The molecule has 130 valence electrons. The Morgan fingerprint density at radius 1 is 1.12 bits per heavy atom. The average Bonchev–Trinajstić information content (AvgIpc) is 2.88. The molecule has 0 atom stereocenters. The summed E-state index contributed by atoms with van der Waals surface area (Å²) in [5.74, 6) is -0.487. The monoisotopic (exact) mass is 395 g/mol. The van der Waals surface area contributed by atoms with E-state index in [0.717, 1.165) is 22.2 Å². The highest BCUT2D eigenvalue weighted by Gasteiger charge is 2.19. The zero-order chi connectivity index (χ0) is 18.3. The van der Waals surface area contributed by atoms with E-state index in [9.17, 15) is 4.79 Å². The number of benzene rings is 2. The molecule has 0 radical (unpaired) electrons. The first-order valence-electron chi connectivity index (χ1n) is 7.63. The number of halogens is 3. The summed E-state index contributed by atoms with van der Waals surface area (Å²) in [4.78, 5) is 11.9. The molecule has 2 aromatic carbocycles. The van der Waals surface area contributed by atoms with E-state index in [-0.39, 0.29) is 0 Å². The number of rotatable bonds is 3. The van der Waals surface area contributed by atoms with Crippen molar-refractivity contribution in [3.63, 3.8) is 0 Å². The van der Waals surface area contributed by atoms with Crippen LogP contribution in [0, 0.1) is 6.92 Å². The van der Waals surface area contributed by atoms with Crippen LogP contribution in [-0.4, -0.2) is 17.6 Å². The molecule has 3 rings (SSSR count). The van der Waals surface area contributed by atoms with Crippen molar-refractivity contribution >= 4 is 51.7 Å². The molecule has 6 heteroatoms. The van der Waals surface area contributed by atoms with Crippen molar-refractivity contribution in [2.24, 2.45) is 7.05 Å². The molecule has 3 aromatic rings. The topological polar surface area (TPSA) is 31.2 Å². The van der Waals surface area contributed by atoms with Gasteiger partial charge < -0.3 is 9.30 Å². The number of aromatic nitrogens is 1. The lowest BCUT2D eigenvalue weighted by molar-refractivity contribution is 0.0601. The van der Waals surface area contributed by atoms with Crippen LogP contribution >= 0.6 is 34.8 Å². The lowest BCUT2D eigenvalue weighted by Gasteiger charge is -2.11. The van der Waals surface area contributed by atoms with E-state index in [4.69, 9.17) is 39.5 Å². The lowest BCUT2D eigenvalue weighted by Crippen LogP contribution is -2.05. The summed E-state index contributed by atoms with van der Waals surface area (Å²) in [5.41, 5.74) is 4.11. The van der Waals surface area contributed by atoms with Gasteiger partial charge in [0.25, 0.3) is 0 Å². The molecular formula is C19H16Cl3NO2. The molecule has 0 aliphatic heterocycles. The van der Waals surface area contributed by atoms with Gasteiger partial charge >= 0.3 is 5.97 Å². The molecule has 1 heterocycles. The third-order valence-electron chi connectivity index (χ3n) is 4.30. The summed E-state index contributed by atoms with van der Waals surface area (Å²) in [6.07, 6.45) is 0.475. The Morgan fingerprint density at radius 3 is 2.52 bits per heavy atom. The maximum atomic E-state index is 11.9. The fourth-order valence-electron chi connectivity index (χ4n) is 2.95. The summed E-state index contributed by atoms with van der Waals surface area (Å²) >= 11 is 19.1. The predicted octanol–water partition coefficient (Wildman–Crippen LogP) is 5.82. The molecule has 0 bridgehead atoms. The Balaban J connectivity index is 2.12. The first-order chi connectivity index (χ1) is 11.8. The second kappa shape index (κ2) is 6.91. The quantitative estimate of drug-likeness (QED) is 0.522. The highest BCUT2D eigenvalue weighted by atomic mass is 35.5. The van der Waals surface area contributed by atoms with Crippen LogP contribution in [-0.2, 0) is 18.2 Å². The fraction of sp³-hybridized carbons (Fsp3) is 0.211. The van der Waals surface area contributed by atoms with Crippen molar-refractivity contribution in [1.29, 1.82) is 0 Å². The molecule has 3 nitrogen and oxygen atoms in total. The SMILES string of the molecule is COC(=O)c1ccc(Cl)c(Cc2cc3c(Cl)cc(C)cc3n2C)c1Cl. The van der Waals surface area contributed by atoms with Crippen LogP contribution in [0.25, 0.3) is 10.9 Å². The van der Waals surface area contributed by atoms with Gasteiger partial charge in [-0.15, -0.1) is 0 Å². The van der Waals surface area contributed by atoms with E-state index >= 15 is 0 Å². The normalized spacial score (nSPS) is 11.1. The molecule has 1 aromatic heterocycles. The van der Waals surface area contributed by atoms with Gasteiger partial charge in [0.2, 0.25) is 0 Å². The van der Waals surface area contributed by atoms with Crippen LogP contribution in [0.15, 0.2) is 30.3 Å². The number of carbonyl (C=O) groups is 1. The summed E-state index contributed by atoms with van der Waals surface area (Å²) in [5, 5.41) is 2.50. The number of hydrogen-bond donors (Lipinski definition) is 0. The van der Waals surface area contributed by atoms with E-state index in [0.29, 0.717) is 32.6 Å². The Kier molecular flexibility index (Phi) is 5.01. The highest BCUT2D eigenvalue weighted by Crippen LogP contribution is 2.33. The van der Waals surface area contributed by atoms with Gasteiger partial charge in [0.05, 0.1) is 22.7 Å². The summed E-state index contributed by atoms with van der Waals surface area (Å²) in [6, 6.07) is 9.27. The van der Waals surface area contributed by atoms with Crippen LogP contribution in [0.1, 0.15) is 27.2 Å². The van der Waals surface area contributed by atoms with Crippen molar-refractivity contribution in [1.82, 2.24) is 4.57 Å². The van der Waals surface area contributed by atoms with Crippen molar-refractivity contribution < 1.29 is 9.53 Å². The van der Waals surface area contributed by atoms with Gasteiger partial charge in [-0.05, 0) is 48.4 Å². The van der Waals surface area contributed by atoms with Crippen LogP contribution in [0.4, 0.5) is 0 Å². The second-order valence-electron chi connectivity index (χ2n) is 5.93. The lowest BCUT2D eigenvalue weighted by atomic mass is 10.1. The van der Waals surface area contributed by atoms with Crippen LogP contribution in [0.2, 0.25) is 15.1 Å². The summed E-state index contributed by atoms with van der Waals surface area (Å²) in [6.45, 7) is 2.01. The number of methoxy groups -OCH3 is 1.